The molecule has 0 saturated heterocycles. The topological polar surface area (TPSA) is 37.4 Å². The highest BCUT2D eigenvalue weighted by Gasteiger charge is 2.24. The SMILES string of the molecule is CC(=O)N1CCCc2cc(Br)c(C(=O)C(C)Br)cc21. The summed E-state index contributed by atoms with van der Waals surface area (Å²) in [7, 11) is 0. The Morgan fingerprint density at radius 2 is 2.05 bits per heavy atom. The van der Waals surface area contributed by atoms with Crippen molar-refractivity contribution in [2.45, 2.75) is 31.5 Å². The van der Waals surface area contributed by atoms with E-state index in [1.807, 2.05) is 12.1 Å². The van der Waals surface area contributed by atoms with Gasteiger partial charge in [-0.15, -0.1) is 0 Å². The van der Waals surface area contributed by atoms with Crippen LogP contribution in [0.2, 0.25) is 0 Å². The first kappa shape index (κ1) is 14.7. The predicted octanol–water partition coefficient (Wildman–Crippen LogP) is 3.71. The number of nitrogens with zero attached hydrogens (tertiary/aromatic N) is 1. The number of carbonyl (C=O) groups excluding carboxylic acids is 2. The fourth-order valence-corrected chi connectivity index (χ4v) is 3.17. The van der Waals surface area contributed by atoms with Crippen LogP contribution in [0.5, 0.6) is 0 Å². The number of hydrogen-bond donors (Lipinski definition) is 0. The second-order valence-electron chi connectivity index (χ2n) is 4.72. The van der Waals surface area contributed by atoms with Crippen molar-refractivity contribution in [3.63, 3.8) is 0 Å². The normalized spacial score (nSPS) is 15.9. The molecule has 19 heavy (non-hydrogen) atoms. The number of alkyl halides is 1. The Bertz CT molecular complexity index is 540. The van der Waals surface area contributed by atoms with Crippen LogP contribution in [0.4, 0.5) is 5.69 Å². The van der Waals surface area contributed by atoms with Crippen LogP contribution in [-0.4, -0.2) is 23.1 Å². The van der Waals surface area contributed by atoms with Crippen LogP contribution in [0.3, 0.4) is 0 Å². The summed E-state index contributed by atoms with van der Waals surface area (Å²) in [6, 6.07) is 3.80. The van der Waals surface area contributed by atoms with Crippen LogP contribution >= 0.6 is 31.9 Å². The number of benzene rings is 1. The highest BCUT2D eigenvalue weighted by Crippen LogP contribution is 2.33. The molecule has 3 nitrogen and oxygen atoms in total. The van der Waals surface area contributed by atoms with Crippen LogP contribution in [0.25, 0.3) is 0 Å². The molecule has 0 fully saturated rings. The number of carbonyl (C=O) groups is 2. The fraction of sp³-hybridized carbons (Fsp3) is 0.429. The first-order chi connectivity index (χ1) is 8.91. The molecule has 0 aliphatic carbocycles. The van der Waals surface area contributed by atoms with Crippen molar-refractivity contribution in [2.24, 2.45) is 0 Å². The molecule has 1 aromatic rings. The van der Waals surface area contributed by atoms with Gasteiger partial charge in [0.25, 0.3) is 0 Å². The standard InChI is InChI=1S/C14H15Br2NO2/c1-8(15)14(19)11-7-13-10(6-12(11)16)4-3-5-17(13)9(2)18/h6-8H,3-5H2,1-2H3. The largest absolute Gasteiger partial charge is 0.312 e. The number of aryl methyl sites for hydroxylation is 1. The van der Waals surface area contributed by atoms with Crippen molar-refractivity contribution in [3.05, 3.63) is 27.7 Å². The molecule has 1 aliphatic heterocycles. The lowest BCUT2D eigenvalue weighted by Crippen LogP contribution is -2.33. The van der Waals surface area contributed by atoms with Crippen molar-refractivity contribution >= 4 is 49.2 Å². The van der Waals surface area contributed by atoms with Crippen molar-refractivity contribution < 1.29 is 9.59 Å². The molecule has 0 spiro atoms. The van der Waals surface area contributed by atoms with Crippen molar-refractivity contribution in [1.82, 2.24) is 0 Å². The van der Waals surface area contributed by atoms with Crippen LogP contribution in [-0.2, 0) is 11.2 Å². The number of fused-ring (bicyclic) bond motifs is 1. The van der Waals surface area contributed by atoms with E-state index in [4.69, 9.17) is 0 Å². The van der Waals surface area contributed by atoms with E-state index in [0.29, 0.717) is 5.56 Å². The van der Waals surface area contributed by atoms with E-state index in [0.717, 1.165) is 35.1 Å². The van der Waals surface area contributed by atoms with Crippen LogP contribution in [0.1, 0.15) is 36.2 Å². The van der Waals surface area contributed by atoms with Gasteiger partial charge in [0.15, 0.2) is 5.78 Å². The molecule has 0 bridgehead atoms. The Labute approximate surface area is 129 Å². The van der Waals surface area contributed by atoms with E-state index >= 15 is 0 Å². The fourth-order valence-electron chi connectivity index (χ4n) is 2.33. The quantitative estimate of drug-likeness (QED) is 0.572. The summed E-state index contributed by atoms with van der Waals surface area (Å²) in [5, 5.41) is 0. The number of anilines is 1. The second-order valence-corrected chi connectivity index (χ2v) is 6.94. The molecule has 0 N–H and O–H groups in total. The molecule has 1 unspecified atom stereocenters. The van der Waals surface area contributed by atoms with Gasteiger partial charge in [0.2, 0.25) is 5.91 Å². The number of ketones is 1. The van der Waals surface area contributed by atoms with Gasteiger partial charge < -0.3 is 4.90 Å². The van der Waals surface area contributed by atoms with E-state index in [1.54, 1.807) is 18.7 Å². The van der Waals surface area contributed by atoms with Gasteiger partial charge in [0, 0.05) is 29.2 Å². The third kappa shape index (κ3) is 2.92. The van der Waals surface area contributed by atoms with Gasteiger partial charge in [0.1, 0.15) is 0 Å². The van der Waals surface area contributed by atoms with Gasteiger partial charge in [-0.25, -0.2) is 0 Å². The summed E-state index contributed by atoms with van der Waals surface area (Å²) in [6.07, 6.45) is 1.90. The average Bonchev–Trinajstić information content (AvgIpc) is 2.35. The minimum atomic E-state index is -0.240. The first-order valence-electron chi connectivity index (χ1n) is 6.20. The Balaban J connectivity index is 2.53. The van der Waals surface area contributed by atoms with Gasteiger partial charge in [-0.05, 0) is 37.5 Å². The molecule has 1 amide bonds. The van der Waals surface area contributed by atoms with E-state index in [1.165, 1.54) is 0 Å². The number of halogens is 2. The third-order valence-corrected chi connectivity index (χ3v) is 4.37. The Hall–Kier alpha value is -0.680. The van der Waals surface area contributed by atoms with E-state index in [2.05, 4.69) is 31.9 Å². The Kier molecular flexibility index (Phi) is 4.46. The molecule has 1 atom stereocenters. The Morgan fingerprint density at radius 1 is 1.37 bits per heavy atom. The number of Topliss-reactive ketones (excluding diaryl/α,β-unsaturated/α-hetero) is 1. The lowest BCUT2D eigenvalue weighted by molar-refractivity contribution is -0.116. The lowest BCUT2D eigenvalue weighted by atomic mass is 9.97. The smallest absolute Gasteiger partial charge is 0.223 e. The Morgan fingerprint density at radius 3 is 2.63 bits per heavy atom. The van der Waals surface area contributed by atoms with E-state index in [9.17, 15) is 9.59 Å². The number of amides is 1. The van der Waals surface area contributed by atoms with E-state index < -0.39 is 0 Å². The summed E-state index contributed by atoms with van der Waals surface area (Å²) < 4.78 is 0.799. The van der Waals surface area contributed by atoms with Crippen molar-refractivity contribution in [1.29, 1.82) is 0 Å². The van der Waals surface area contributed by atoms with Crippen molar-refractivity contribution in [3.8, 4) is 0 Å². The molecule has 2 rings (SSSR count). The third-order valence-electron chi connectivity index (χ3n) is 3.29. The van der Waals surface area contributed by atoms with Crippen LogP contribution in [0, 0.1) is 0 Å². The lowest BCUT2D eigenvalue weighted by Gasteiger charge is -2.29. The summed E-state index contributed by atoms with van der Waals surface area (Å²) in [6.45, 7) is 4.09. The maximum atomic E-state index is 12.1. The second kappa shape index (κ2) is 5.75. The molecule has 1 aromatic carbocycles. The summed E-state index contributed by atoms with van der Waals surface area (Å²) in [5.74, 6) is 0.0392. The predicted molar refractivity (Wildman–Crippen MR) is 83.2 cm³/mol. The zero-order valence-electron chi connectivity index (χ0n) is 10.9. The van der Waals surface area contributed by atoms with Gasteiger partial charge in [-0.2, -0.15) is 0 Å². The minimum Gasteiger partial charge on any atom is -0.312 e. The molecule has 5 heteroatoms. The summed E-state index contributed by atoms with van der Waals surface area (Å²) >= 11 is 6.76. The average molecular weight is 389 g/mol. The zero-order chi connectivity index (χ0) is 14.2. The first-order valence-corrected chi connectivity index (χ1v) is 7.91. The molecular formula is C14H15Br2NO2. The van der Waals surface area contributed by atoms with Gasteiger partial charge >= 0.3 is 0 Å². The monoisotopic (exact) mass is 387 g/mol. The molecular weight excluding hydrogens is 374 g/mol. The maximum Gasteiger partial charge on any atom is 0.223 e. The van der Waals surface area contributed by atoms with Gasteiger partial charge in [0.05, 0.1) is 4.83 Å². The highest BCUT2D eigenvalue weighted by molar-refractivity contribution is 9.10. The number of rotatable bonds is 2. The zero-order valence-corrected chi connectivity index (χ0v) is 14.0. The summed E-state index contributed by atoms with van der Waals surface area (Å²) in [5.41, 5.74) is 2.61. The molecule has 0 radical (unpaired) electrons. The minimum absolute atomic E-state index is 0.0174. The van der Waals surface area contributed by atoms with Gasteiger partial charge in [-0.1, -0.05) is 31.9 Å². The number of hydrogen-bond acceptors (Lipinski definition) is 2. The van der Waals surface area contributed by atoms with Crippen LogP contribution < -0.4 is 4.90 Å². The molecule has 0 aromatic heterocycles. The maximum absolute atomic E-state index is 12.1. The summed E-state index contributed by atoms with van der Waals surface area (Å²) in [4.78, 5) is 25.3. The molecule has 1 aliphatic rings. The molecule has 0 saturated carbocycles. The van der Waals surface area contributed by atoms with Gasteiger partial charge in [-0.3, -0.25) is 9.59 Å². The molecule has 1 heterocycles. The van der Waals surface area contributed by atoms with Crippen molar-refractivity contribution in [2.75, 3.05) is 11.4 Å². The molecule has 102 valence electrons. The van der Waals surface area contributed by atoms with E-state index in [-0.39, 0.29) is 16.5 Å². The van der Waals surface area contributed by atoms with Crippen LogP contribution in [0.15, 0.2) is 16.6 Å². The highest BCUT2D eigenvalue weighted by atomic mass is 79.9.